The number of benzene rings is 1. The summed E-state index contributed by atoms with van der Waals surface area (Å²) >= 11 is 6.30. The summed E-state index contributed by atoms with van der Waals surface area (Å²) in [4.78, 5) is 20.6. The quantitative estimate of drug-likeness (QED) is 0.440. The third-order valence-corrected chi connectivity index (χ3v) is 4.67. The van der Waals surface area contributed by atoms with Gasteiger partial charge in [-0.1, -0.05) is 23.7 Å². The maximum atomic E-state index is 12.1. The van der Waals surface area contributed by atoms with Crippen LogP contribution in [0.15, 0.2) is 53.3 Å². The lowest BCUT2D eigenvalue weighted by Gasteiger charge is -2.14. The lowest BCUT2D eigenvalue weighted by molar-refractivity contribution is 0.0964. The number of anilines is 3. The zero-order chi connectivity index (χ0) is 20.1. The Morgan fingerprint density at radius 1 is 1.32 bits per heavy atom. The number of aromatic nitrogens is 1. The average molecular weight is 399 g/mol. The summed E-state index contributed by atoms with van der Waals surface area (Å²) < 4.78 is 0. The highest BCUT2D eigenvalue weighted by Gasteiger charge is 2.24. The summed E-state index contributed by atoms with van der Waals surface area (Å²) in [5.74, 6) is 1.45. The molecule has 1 fully saturated rings. The summed E-state index contributed by atoms with van der Waals surface area (Å²) in [6.07, 6.45) is 5.62. The highest BCUT2D eigenvalue weighted by atomic mass is 35.5. The van der Waals surface area contributed by atoms with E-state index in [1.54, 1.807) is 32.3 Å². The minimum atomic E-state index is -0.187. The number of hydrogen-bond acceptors (Lipinski definition) is 5. The van der Waals surface area contributed by atoms with Gasteiger partial charge in [0.1, 0.15) is 11.7 Å². The zero-order valence-electron chi connectivity index (χ0n) is 15.8. The summed E-state index contributed by atoms with van der Waals surface area (Å²) in [7, 11) is 3.28. The number of carbonyl (C=O) groups excluding carboxylic acids is 1. The normalized spacial score (nSPS) is 14.5. The first-order valence-electron chi connectivity index (χ1n) is 8.96. The topological polar surface area (TPSA) is 104 Å². The molecule has 0 spiro atoms. The van der Waals surface area contributed by atoms with Crippen molar-refractivity contribution >= 4 is 40.5 Å². The molecule has 3 rings (SSSR count). The number of halogens is 1. The van der Waals surface area contributed by atoms with Gasteiger partial charge in [-0.05, 0) is 37.0 Å². The standard InChI is InChI=1S/C20H23ClN6O/c1-23-18(9-15(22)12-7-8-12)27-19-10-17(14(21)11-25-19)26-16-6-4-3-5-13(16)20(28)24-2/h3-6,9-12H,7-8,22H2,1-2H3,(H,24,28)(H2,23,25,26,27). The molecule has 1 aromatic carbocycles. The predicted molar refractivity (Wildman–Crippen MR) is 114 cm³/mol. The molecule has 28 heavy (non-hydrogen) atoms. The number of nitrogens with zero attached hydrogens (tertiary/aromatic N) is 2. The van der Waals surface area contributed by atoms with E-state index in [1.807, 2.05) is 18.2 Å². The molecular formula is C20H23ClN6O. The summed E-state index contributed by atoms with van der Waals surface area (Å²) in [5.41, 5.74) is 8.67. The number of nitrogens with two attached hydrogens (primary N) is 1. The highest BCUT2D eigenvalue weighted by molar-refractivity contribution is 6.33. The molecule has 1 aliphatic carbocycles. The van der Waals surface area contributed by atoms with E-state index in [0.29, 0.717) is 39.5 Å². The van der Waals surface area contributed by atoms with Crippen LogP contribution in [0.25, 0.3) is 0 Å². The van der Waals surface area contributed by atoms with Crippen LogP contribution in [0.4, 0.5) is 17.2 Å². The fourth-order valence-electron chi connectivity index (χ4n) is 2.65. The minimum absolute atomic E-state index is 0.187. The number of para-hydroxylation sites is 1. The van der Waals surface area contributed by atoms with Crippen LogP contribution in [0.5, 0.6) is 0 Å². The van der Waals surface area contributed by atoms with E-state index < -0.39 is 0 Å². The Labute approximate surface area is 169 Å². The average Bonchev–Trinajstić information content (AvgIpc) is 3.55. The van der Waals surface area contributed by atoms with Crippen molar-refractivity contribution in [3.8, 4) is 0 Å². The smallest absolute Gasteiger partial charge is 0.253 e. The Balaban J connectivity index is 1.82. The molecular weight excluding hydrogens is 376 g/mol. The second-order valence-corrected chi connectivity index (χ2v) is 6.86. The van der Waals surface area contributed by atoms with Crippen LogP contribution in [0.2, 0.25) is 5.02 Å². The van der Waals surface area contributed by atoms with Gasteiger partial charge in [-0.2, -0.15) is 0 Å². The molecule has 1 aliphatic rings. The van der Waals surface area contributed by atoms with Crippen LogP contribution < -0.4 is 21.7 Å². The van der Waals surface area contributed by atoms with Crippen LogP contribution in [0.1, 0.15) is 23.2 Å². The Morgan fingerprint density at radius 3 is 2.75 bits per heavy atom. The molecule has 8 heteroatoms. The lowest BCUT2D eigenvalue weighted by atomic mass is 10.1. The van der Waals surface area contributed by atoms with Crippen molar-refractivity contribution in [2.24, 2.45) is 16.6 Å². The van der Waals surface area contributed by atoms with Gasteiger partial charge in [-0.3, -0.25) is 9.79 Å². The van der Waals surface area contributed by atoms with E-state index in [4.69, 9.17) is 17.3 Å². The molecule has 5 N–H and O–H groups in total. The van der Waals surface area contributed by atoms with Crippen molar-refractivity contribution in [1.82, 2.24) is 10.3 Å². The van der Waals surface area contributed by atoms with Crippen LogP contribution >= 0.6 is 11.6 Å². The SMILES string of the molecule is CN=C(C=C(N)C1CC1)Nc1cc(Nc2ccccc2C(=O)NC)c(Cl)cn1. The van der Waals surface area contributed by atoms with Crippen molar-refractivity contribution < 1.29 is 4.79 Å². The van der Waals surface area contributed by atoms with Gasteiger partial charge in [0, 0.05) is 25.9 Å². The second-order valence-electron chi connectivity index (χ2n) is 6.45. The van der Waals surface area contributed by atoms with Gasteiger partial charge in [0.25, 0.3) is 5.91 Å². The minimum Gasteiger partial charge on any atom is -0.402 e. The van der Waals surface area contributed by atoms with Crippen LogP contribution in [-0.4, -0.2) is 30.8 Å². The van der Waals surface area contributed by atoms with Gasteiger partial charge >= 0.3 is 0 Å². The third-order valence-electron chi connectivity index (χ3n) is 4.37. The molecule has 1 saturated carbocycles. The third kappa shape index (κ3) is 4.80. The molecule has 0 atom stereocenters. The molecule has 1 aromatic heterocycles. The fraction of sp³-hybridized carbons (Fsp3) is 0.250. The van der Waals surface area contributed by atoms with E-state index in [1.165, 1.54) is 6.20 Å². The van der Waals surface area contributed by atoms with Crippen molar-refractivity contribution in [2.45, 2.75) is 12.8 Å². The van der Waals surface area contributed by atoms with E-state index in [0.717, 1.165) is 18.5 Å². The first kappa shape index (κ1) is 19.7. The van der Waals surface area contributed by atoms with Gasteiger partial charge in [-0.25, -0.2) is 4.98 Å². The van der Waals surface area contributed by atoms with Gasteiger partial charge in [0.15, 0.2) is 0 Å². The number of allylic oxidation sites excluding steroid dienone is 1. The Bertz CT molecular complexity index is 936. The van der Waals surface area contributed by atoms with Gasteiger partial charge < -0.3 is 21.7 Å². The van der Waals surface area contributed by atoms with Crippen LogP contribution in [0, 0.1) is 5.92 Å². The van der Waals surface area contributed by atoms with Gasteiger partial charge in [-0.15, -0.1) is 0 Å². The van der Waals surface area contributed by atoms with Gasteiger partial charge in [0.05, 0.1) is 28.2 Å². The Morgan fingerprint density at radius 2 is 2.07 bits per heavy atom. The van der Waals surface area contributed by atoms with Crippen LogP contribution in [-0.2, 0) is 0 Å². The molecule has 0 bridgehead atoms. The Kier molecular flexibility index (Phi) is 6.16. The van der Waals surface area contributed by atoms with E-state index >= 15 is 0 Å². The van der Waals surface area contributed by atoms with E-state index in [9.17, 15) is 4.79 Å². The number of aliphatic imine (C=N–C) groups is 1. The molecule has 2 aromatic rings. The highest BCUT2D eigenvalue weighted by Crippen LogP contribution is 2.33. The number of nitrogens with one attached hydrogen (secondary N) is 3. The van der Waals surface area contributed by atoms with E-state index in [2.05, 4.69) is 25.9 Å². The predicted octanol–water partition coefficient (Wildman–Crippen LogP) is 3.53. The molecule has 0 aliphatic heterocycles. The molecule has 146 valence electrons. The molecule has 7 nitrogen and oxygen atoms in total. The monoisotopic (exact) mass is 398 g/mol. The van der Waals surface area contributed by atoms with E-state index in [-0.39, 0.29) is 5.91 Å². The molecule has 0 saturated heterocycles. The largest absolute Gasteiger partial charge is 0.402 e. The summed E-state index contributed by atoms with van der Waals surface area (Å²) in [6, 6.07) is 8.96. The molecule has 1 amide bonds. The number of amidine groups is 1. The fourth-order valence-corrected chi connectivity index (χ4v) is 2.80. The summed E-state index contributed by atoms with van der Waals surface area (Å²) in [6.45, 7) is 0. The first-order valence-corrected chi connectivity index (χ1v) is 9.34. The number of rotatable bonds is 6. The van der Waals surface area contributed by atoms with Crippen molar-refractivity contribution in [3.63, 3.8) is 0 Å². The van der Waals surface area contributed by atoms with Crippen molar-refractivity contribution in [1.29, 1.82) is 0 Å². The maximum Gasteiger partial charge on any atom is 0.253 e. The number of carbonyl (C=O) groups is 1. The summed E-state index contributed by atoms with van der Waals surface area (Å²) in [5, 5.41) is 9.41. The molecule has 0 unspecified atom stereocenters. The number of amides is 1. The zero-order valence-corrected chi connectivity index (χ0v) is 16.5. The number of hydrogen-bond donors (Lipinski definition) is 4. The van der Waals surface area contributed by atoms with Crippen LogP contribution in [0.3, 0.4) is 0 Å². The first-order chi connectivity index (χ1) is 13.5. The lowest BCUT2D eigenvalue weighted by Crippen LogP contribution is -2.19. The number of pyridine rings is 1. The second kappa shape index (κ2) is 8.75. The molecule has 0 radical (unpaired) electrons. The van der Waals surface area contributed by atoms with Gasteiger partial charge in [0.2, 0.25) is 0 Å². The Hall–Kier alpha value is -3.06. The maximum absolute atomic E-state index is 12.1. The van der Waals surface area contributed by atoms with Crippen molar-refractivity contribution in [2.75, 3.05) is 24.7 Å². The van der Waals surface area contributed by atoms with Crippen molar-refractivity contribution in [3.05, 3.63) is 58.9 Å². The molecule has 1 heterocycles.